The summed E-state index contributed by atoms with van der Waals surface area (Å²) >= 11 is 0. The van der Waals surface area contributed by atoms with Crippen LogP contribution < -0.4 is 72.3 Å². The van der Waals surface area contributed by atoms with Crippen molar-refractivity contribution in [1.82, 2.24) is 32.3 Å². The van der Waals surface area contributed by atoms with Crippen LogP contribution in [0, 0.1) is 27.7 Å². The van der Waals surface area contributed by atoms with E-state index in [0.29, 0.717) is 63.7 Å². The quantitative estimate of drug-likeness (QED) is 0.0136. The normalized spacial score (nSPS) is 11.1. The van der Waals surface area contributed by atoms with Gasteiger partial charge in [0, 0.05) is 67.6 Å². The fourth-order valence-electron chi connectivity index (χ4n) is 8.07. The topological polar surface area (TPSA) is 368 Å². The predicted octanol–water partition coefficient (Wildman–Crippen LogP) is 1.24. The number of sulfonamides is 2. The van der Waals surface area contributed by atoms with E-state index in [9.17, 15) is 50.4 Å². The summed E-state index contributed by atoms with van der Waals surface area (Å²) in [5.74, 6) is -4.76. The smallest absolute Gasteiger partial charge is 0.327 e. The van der Waals surface area contributed by atoms with Crippen LogP contribution in [0.3, 0.4) is 0 Å². The number of likely N-dealkylation sites (N-methyl/N-ethyl adjacent to an activating group) is 2. The first kappa shape index (κ1) is 65.6. The molecule has 4 aromatic carbocycles. The molecule has 28 nitrogen and oxygen atoms in total. The zero-order chi connectivity index (χ0) is 62.4. The first-order chi connectivity index (χ1) is 41.1. The Hall–Kier alpha value is -9.59. The van der Waals surface area contributed by atoms with Crippen LogP contribution in [0.2, 0.25) is 0 Å². The van der Waals surface area contributed by atoms with Crippen molar-refractivity contribution in [2.75, 3.05) is 84.5 Å². The molecule has 7 amide bonds. The minimum atomic E-state index is -4.14. The van der Waals surface area contributed by atoms with Gasteiger partial charge in [-0.25, -0.2) is 16.8 Å². The highest BCUT2D eigenvalue weighted by Gasteiger charge is 2.25. The summed E-state index contributed by atoms with van der Waals surface area (Å²) in [6.07, 6.45) is 6.59. The van der Waals surface area contributed by atoms with E-state index in [1.54, 1.807) is 81.2 Å². The van der Waals surface area contributed by atoms with Crippen molar-refractivity contribution < 1.29 is 73.8 Å². The molecule has 30 heteroatoms. The van der Waals surface area contributed by atoms with Gasteiger partial charge in [-0.1, -0.05) is 12.1 Å². The molecule has 0 unspecified atom stereocenters. The minimum Gasteiger partial charge on any atom is -0.378 e. The molecule has 0 aliphatic rings. The highest BCUT2D eigenvalue weighted by molar-refractivity contribution is 7.93. The van der Waals surface area contributed by atoms with Crippen molar-refractivity contribution in [3.05, 3.63) is 155 Å². The molecule has 0 saturated carbocycles. The Morgan fingerprint density at radius 3 is 1.42 bits per heavy atom. The number of carbonyl (C=O) groups excluding carboxylic acids is 7. The minimum absolute atomic E-state index is 0.0437. The standard InChI is InChI=1S/C56H66N14O14S2/c1-36-11-21-46(85(78,79)67-44-17-13-42(14-18-44)63-65-55(76)53(74)57-5)38(3)50(36)61-48(71)33-69-25-7-9-40(31-69)35-84-60-24-28-83-30-29-82-27-23-59-52(73)41-10-8-26-70(32-41)34-49(72)62-51-37(2)12-22-47(39(51)4)86(80,81)68-45-19-15-43(16-20-45)64-66-56(77)54(75)58-6/h7-22,25-26,31-32,60H,23-24,27-30,33-35H2,1-6H3,(H9-2,57,58,59,61,62,63,64,65,66,67,68,71,72,73,74,75,76,77)/p+2. The summed E-state index contributed by atoms with van der Waals surface area (Å²) in [6, 6.07) is 24.7. The van der Waals surface area contributed by atoms with Gasteiger partial charge in [-0.05, 0) is 123 Å². The molecule has 12 N–H and O–H groups in total. The van der Waals surface area contributed by atoms with E-state index < -0.39 is 55.5 Å². The third-order valence-electron chi connectivity index (χ3n) is 12.4. The second kappa shape index (κ2) is 31.3. The summed E-state index contributed by atoms with van der Waals surface area (Å²) in [5.41, 5.74) is 17.2. The number of pyridine rings is 2. The number of hydroxylamine groups is 1. The summed E-state index contributed by atoms with van der Waals surface area (Å²) < 4.78 is 73.4. The van der Waals surface area contributed by atoms with Gasteiger partial charge in [-0.3, -0.25) is 69.5 Å². The average molecular weight is 1230 g/mol. The number of benzene rings is 4. The van der Waals surface area contributed by atoms with Crippen LogP contribution >= 0.6 is 0 Å². The Bertz CT molecular complexity index is 3670. The van der Waals surface area contributed by atoms with Crippen molar-refractivity contribution in [3.63, 3.8) is 0 Å². The number of aromatic nitrogens is 2. The zero-order valence-corrected chi connectivity index (χ0v) is 49.5. The molecule has 0 radical (unpaired) electrons. The molecule has 86 heavy (non-hydrogen) atoms. The highest BCUT2D eigenvalue weighted by atomic mass is 32.2. The van der Waals surface area contributed by atoms with Crippen LogP contribution in [0.1, 0.15) is 38.2 Å². The van der Waals surface area contributed by atoms with Crippen molar-refractivity contribution in [2.45, 2.75) is 57.2 Å². The van der Waals surface area contributed by atoms with Gasteiger partial charge in [0.1, 0.15) is 5.56 Å². The molecule has 0 fully saturated rings. The van der Waals surface area contributed by atoms with E-state index in [-0.39, 0.29) is 73.1 Å². The van der Waals surface area contributed by atoms with Gasteiger partial charge in [-0.2, -0.15) is 14.6 Å². The van der Waals surface area contributed by atoms with Crippen molar-refractivity contribution in [2.24, 2.45) is 0 Å². The molecule has 0 aliphatic heterocycles. The lowest BCUT2D eigenvalue weighted by molar-refractivity contribution is -0.684. The summed E-state index contributed by atoms with van der Waals surface area (Å²) in [6.45, 7) is 8.19. The number of rotatable bonds is 29. The number of anilines is 6. The Labute approximate surface area is 496 Å². The molecular weight excluding hydrogens is 1160 g/mol. The van der Waals surface area contributed by atoms with Gasteiger partial charge < -0.3 is 36.1 Å². The first-order valence-corrected chi connectivity index (χ1v) is 29.4. The lowest BCUT2D eigenvalue weighted by Crippen LogP contribution is -2.41. The van der Waals surface area contributed by atoms with Crippen LogP contribution in [0.25, 0.3) is 0 Å². The number of nitrogens with one attached hydrogen (secondary N) is 12. The second-order valence-electron chi connectivity index (χ2n) is 18.9. The number of nitrogens with zero attached hydrogens (tertiary/aromatic N) is 2. The molecule has 2 heterocycles. The first-order valence-electron chi connectivity index (χ1n) is 26.4. The fraction of sp³-hybridized carbons (Fsp3) is 0.268. The van der Waals surface area contributed by atoms with Gasteiger partial charge >= 0.3 is 23.6 Å². The fourth-order valence-corrected chi connectivity index (χ4v) is 10.7. The van der Waals surface area contributed by atoms with Gasteiger partial charge in [0.2, 0.25) is 13.1 Å². The number of hydrogen-bond acceptors (Lipinski definition) is 17. The molecule has 6 rings (SSSR count). The van der Waals surface area contributed by atoms with Crippen LogP contribution in [-0.4, -0.2) is 112 Å². The van der Waals surface area contributed by atoms with Gasteiger partial charge in [0.15, 0.2) is 24.8 Å². The molecular formula is C56H68N14O14S2+2. The largest absolute Gasteiger partial charge is 0.378 e. The molecule has 2 aromatic heterocycles. The van der Waals surface area contributed by atoms with Gasteiger partial charge in [-0.15, -0.1) is 0 Å². The zero-order valence-electron chi connectivity index (χ0n) is 47.8. The Balaban J connectivity index is 0.843. The number of ether oxygens (including phenoxy) is 2. The van der Waals surface area contributed by atoms with Crippen LogP contribution in [0.4, 0.5) is 34.1 Å². The van der Waals surface area contributed by atoms with E-state index in [2.05, 4.69) is 63.2 Å². The summed E-state index contributed by atoms with van der Waals surface area (Å²) in [5, 5.41) is 12.8. The van der Waals surface area contributed by atoms with Gasteiger partial charge in [0.05, 0.1) is 54.2 Å². The van der Waals surface area contributed by atoms with Crippen LogP contribution in [0.15, 0.2) is 132 Å². The Kier molecular flexibility index (Phi) is 23.9. The summed E-state index contributed by atoms with van der Waals surface area (Å²) in [7, 11) is -5.62. The number of aryl methyl sites for hydroxylation is 2. The molecule has 6 aromatic rings. The third-order valence-corrected chi connectivity index (χ3v) is 15.5. The second-order valence-corrected chi connectivity index (χ2v) is 22.2. The molecule has 0 spiro atoms. The Morgan fingerprint density at radius 1 is 0.500 bits per heavy atom. The van der Waals surface area contributed by atoms with E-state index >= 15 is 0 Å². The molecule has 0 bridgehead atoms. The van der Waals surface area contributed by atoms with Crippen molar-refractivity contribution in [3.8, 4) is 0 Å². The van der Waals surface area contributed by atoms with Crippen molar-refractivity contribution in [1.29, 1.82) is 0 Å². The molecule has 0 atom stereocenters. The van der Waals surface area contributed by atoms with Crippen LogP contribution in [-0.2, 0) is 82.8 Å². The van der Waals surface area contributed by atoms with E-state index in [1.807, 2.05) is 6.07 Å². The van der Waals surface area contributed by atoms with Gasteiger partial charge in [0.25, 0.3) is 37.8 Å². The molecule has 456 valence electrons. The number of hydrazine groups is 2. The maximum absolute atomic E-state index is 13.5. The van der Waals surface area contributed by atoms with E-state index in [4.69, 9.17) is 14.3 Å². The SMILES string of the molecule is CNC(=O)C(=O)NNc1ccc(NS(=O)(=O)c2ccc(C)c(NC(=O)C[n+]3cccc(CONCCOCCOCCNC(=O)c4ccc[n+](CC(=O)Nc5c(C)ccc(S(=O)(=O)Nc6ccc(NNC(=O)C(=O)NC)cc6)c5C)c4)c3)c2C)cc1. The molecule has 0 aliphatic carbocycles. The lowest BCUT2D eigenvalue weighted by Gasteiger charge is -2.16. The lowest BCUT2D eigenvalue weighted by atomic mass is 10.1. The number of carbonyl (C=O) groups is 7. The third kappa shape index (κ3) is 19.5. The predicted molar refractivity (Wildman–Crippen MR) is 315 cm³/mol. The monoisotopic (exact) mass is 1220 g/mol. The van der Waals surface area contributed by atoms with E-state index in [1.165, 1.54) is 85.5 Å². The van der Waals surface area contributed by atoms with Crippen LogP contribution in [0.5, 0.6) is 0 Å². The highest BCUT2D eigenvalue weighted by Crippen LogP contribution is 2.30. The maximum Gasteiger partial charge on any atom is 0.327 e. The molecule has 0 saturated heterocycles. The summed E-state index contributed by atoms with van der Waals surface area (Å²) in [4.78, 5) is 91.2. The van der Waals surface area contributed by atoms with E-state index in [0.717, 1.165) is 5.56 Å². The Morgan fingerprint density at radius 2 is 0.942 bits per heavy atom. The number of amides is 7. The van der Waals surface area contributed by atoms with Crippen molar-refractivity contribution >= 4 is 95.5 Å². The number of hydrogen-bond donors (Lipinski definition) is 12. The average Bonchev–Trinajstić information content (AvgIpc) is 1.29. The maximum atomic E-state index is 13.5.